The second kappa shape index (κ2) is 5.68. The van der Waals surface area contributed by atoms with Crippen LogP contribution >= 0.6 is 0 Å². The van der Waals surface area contributed by atoms with Crippen molar-refractivity contribution in [3.05, 3.63) is 35.3 Å². The van der Waals surface area contributed by atoms with Crippen LogP contribution in [0.3, 0.4) is 0 Å². The van der Waals surface area contributed by atoms with E-state index in [2.05, 4.69) is 0 Å². The number of amides is 1. The van der Waals surface area contributed by atoms with E-state index in [9.17, 15) is 19.1 Å². The highest BCUT2D eigenvalue weighted by Gasteiger charge is 2.34. The van der Waals surface area contributed by atoms with Crippen molar-refractivity contribution in [1.82, 2.24) is 4.90 Å². The fourth-order valence-electron chi connectivity index (χ4n) is 3.24. The molecule has 1 aliphatic rings. The Bertz CT molecular complexity index is 782. The Labute approximate surface area is 132 Å². The van der Waals surface area contributed by atoms with Crippen LogP contribution in [0.15, 0.2) is 22.6 Å². The first-order valence-electron chi connectivity index (χ1n) is 7.57. The van der Waals surface area contributed by atoms with Crippen molar-refractivity contribution in [3.8, 4) is 0 Å². The van der Waals surface area contributed by atoms with Crippen LogP contribution < -0.4 is 0 Å². The molecule has 1 aromatic heterocycles. The van der Waals surface area contributed by atoms with Crippen molar-refractivity contribution in [2.24, 2.45) is 11.8 Å². The molecule has 1 fully saturated rings. The summed E-state index contributed by atoms with van der Waals surface area (Å²) in [5.74, 6) is -1.92. The molecular formula is C17H18FNO4. The summed E-state index contributed by atoms with van der Waals surface area (Å²) in [6.07, 6.45) is 0.559. The number of carbonyl (C=O) groups excluding carboxylic acids is 1. The van der Waals surface area contributed by atoms with Gasteiger partial charge in [-0.05, 0) is 37.5 Å². The Hall–Kier alpha value is -2.37. The number of carboxylic acid groups (broad SMARTS) is 1. The minimum Gasteiger partial charge on any atom is -0.481 e. The molecule has 2 atom stereocenters. The van der Waals surface area contributed by atoms with Gasteiger partial charge in [-0.2, -0.15) is 0 Å². The van der Waals surface area contributed by atoms with E-state index in [4.69, 9.17) is 4.42 Å². The highest BCUT2D eigenvalue weighted by atomic mass is 19.1. The maximum atomic E-state index is 13.4. The number of nitrogens with zero attached hydrogens (tertiary/aromatic N) is 1. The van der Waals surface area contributed by atoms with Gasteiger partial charge in [-0.3, -0.25) is 9.59 Å². The van der Waals surface area contributed by atoms with E-state index in [0.717, 1.165) is 0 Å². The average Bonchev–Trinajstić information content (AvgIpc) is 2.82. The SMILES string of the molecule is Cc1c(C(=O)N2CC(C)CC(C(=O)O)C2)oc2ccc(F)cc12. The predicted molar refractivity (Wildman–Crippen MR) is 81.7 cm³/mol. The summed E-state index contributed by atoms with van der Waals surface area (Å²) in [6.45, 7) is 4.30. The average molecular weight is 319 g/mol. The smallest absolute Gasteiger partial charge is 0.308 e. The van der Waals surface area contributed by atoms with Crippen LogP contribution in [-0.4, -0.2) is 35.0 Å². The molecule has 2 heterocycles. The largest absolute Gasteiger partial charge is 0.481 e. The highest BCUT2D eigenvalue weighted by Crippen LogP contribution is 2.29. The molecule has 0 bridgehead atoms. The number of halogens is 1. The Morgan fingerprint density at radius 1 is 1.35 bits per heavy atom. The van der Waals surface area contributed by atoms with Crippen LogP contribution in [-0.2, 0) is 4.79 Å². The lowest BCUT2D eigenvalue weighted by Crippen LogP contribution is -2.45. The van der Waals surface area contributed by atoms with Crippen LogP contribution in [0.4, 0.5) is 4.39 Å². The molecule has 122 valence electrons. The number of benzene rings is 1. The monoisotopic (exact) mass is 319 g/mol. The molecular weight excluding hydrogens is 301 g/mol. The molecule has 0 aliphatic carbocycles. The number of aryl methyl sites for hydroxylation is 1. The number of rotatable bonds is 2. The van der Waals surface area contributed by atoms with Crippen LogP contribution in [0.5, 0.6) is 0 Å². The van der Waals surface area contributed by atoms with Crippen molar-refractivity contribution < 1.29 is 23.5 Å². The quantitative estimate of drug-likeness (QED) is 0.923. The third-order valence-corrected chi connectivity index (χ3v) is 4.39. The normalized spacial score (nSPS) is 21.6. The van der Waals surface area contributed by atoms with Crippen molar-refractivity contribution in [3.63, 3.8) is 0 Å². The summed E-state index contributed by atoms with van der Waals surface area (Å²) in [6, 6.07) is 4.11. The molecule has 5 nitrogen and oxygen atoms in total. The molecule has 2 unspecified atom stereocenters. The molecule has 0 saturated carbocycles. The molecule has 1 aliphatic heterocycles. The molecule has 23 heavy (non-hydrogen) atoms. The number of hydrogen-bond donors (Lipinski definition) is 1. The lowest BCUT2D eigenvalue weighted by Gasteiger charge is -2.34. The number of piperidine rings is 1. The number of likely N-dealkylation sites (tertiary alicyclic amines) is 1. The molecule has 1 amide bonds. The number of aliphatic carboxylic acids is 1. The van der Waals surface area contributed by atoms with Crippen LogP contribution in [0, 0.1) is 24.6 Å². The minimum atomic E-state index is -0.891. The van der Waals surface area contributed by atoms with E-state index >= 15 is 0 Å². The van der Waals surface area contributed by atoms with E-state index in [0.29, 0.717) is 29.5 Å². The first-order chi connectivity index (χ1) is 10.9. The van der Waals surface area contributed by atoms with E-state index in [1.165, 1.54) is 23.1 Å². The number of fused-ring (bicyclic) bond motifs is 1. The summed E-state index contributed by atoms with van der Waals surface area (Å²) in [5, 5.41) is 9.79. The van der Waals surface area contributed by atoms with Gasteiger partial charge in [-0.25, -0.2) is 4.39 Å². The standard InChI is InChI=1S/C17H18FNO4/c1-9-5-11(17(21)22)8-19(7-9)16(20)15-10(2)13-6-12(18)3-4-14(13)23-15/h3-4,6,9,11H,5,7-8H2,1-2H3,(H,21,22). The maximum Gasteiger partial charge on any atom is 0.308 e. The lowest BCUT2D eigenvalue weighted by molar-refractivity contribution is -0.143. The molecule has 1 saturated heterocycles. The second-order valence-electron chi connectivity index (χ2n) is 6.28. The third kappa shape index (κ3) is 2.81. The number of furan rings is 1. The van der Waals surface area contributed by atoms with Gasteiger partial charge in [-0.1, -0.05) is 6.92 Å². The van der Waals surface area contributed by atoms with Gasteiger partial charge < -0.3 is 14.4 Å². The van der Waals surface area contributed by atoms with Gasteiger partial charge in [0.15, 0.2) is 5.76 Å². The van der Waals surface area contributed by atoms with Crippen LogP contribution in [0.2, 0.25) is 0 Å². The van der Waals surface area contributed by atoms with Crippen LogP contribution in [0.1, 0.15) is 29.5 Å². The molecule has 3 rings (SSSR count). The topological polar surface area (TPSA) is 70.8 Å². The molecule has 0 radical (unpaired) electrons. The predicted octanol–water partition coefficient (Wildman–Crippen LogP) is 3.06. The molecule has 0 spiro atoms. The molecule has 1 N–H and O–H groups in total. The molecule has 6 heteroatoms. The van der Waals surface area contributed by atoms with Crippen LogP contribution in [0.25, 0.3) is 11.0 Å². The Morgan fingerprint density at radius 3 is 2.78 bits per heavy atom. The fourth-order valence-corrected chi connectivity index (χ4v) is 3.24. The van der Waals surface area contributed by atoms with E-state index in [1.807, 2.05) is 6.92 Å². The summed E-state index contributed by atoms with van der Waals surface area (Å²) in [7, 11) is 0. The zero-order valence-corrected chi connectivity index (χ0v) is 13.0. The Morgan fingerprint density at radius 2 is 2.09 bits per heavy atom. The summed E-state index contributed by atoms with van der Waals surface area (Å²) < 4.78 is 19.0. The van der Waals surface area contributed by atoms with E-state index in [-0.39, 0.29) is 24.1 Å². The van der Waals surface area contributed by atoms with Gasteiger partial charge in [0.1, 0.15) is 11.4 Å². The maximum absolute atomic E-state index is 13.4. The lowest BCUT2D eigenvalue weighted by atomic mass is 9.90. The Balaban J connectivity index is 1.93. The van der Waals surface area contributed by atoms with Gasteiger partial charge in [0, 0.05) is 24.0 Å². The number of hydrogen-bond acceptors (Lipinski definition) is 3. The van der Waals surface area contributed by atoms with Gasteiger partial charge in [-0.15, -0.1) is 0 Å². The Kier molecular flexibility index (Phi) is 3.83. The first-order valence-corrected chi connectivity index (χ1v) is 7.57. The molecule has 1 aromatic carbocycles. The summed E-state index contributed by atoms with van der Waals surface area (Å²) in [5.41, 5.74) is 1.03. The van der Waals surface area contributed by atoms with Gasteiger partial charge in [0.25, 0.3) is 5.91 Å². The zero-order valence-electron chi connectivity index (χ0n) is 13.0. The number of carbonyl (C=O) groups is 2. The van der Waals surface area contributed by atoms with Crippen molar-refractivity contribution in [2.45, 2.75) is 20.3 Å². The minimum absolute atomic E-state index is 0.107. The first kappa shape index (κ1) is 15.5. The fraction of sp³-hybridized carbons (Fsp3) is 0.412. The third-order valence-electron chi connectivity index (χ3n) is 4.39. The van der Waals surface area contributed by atoms with Gasteiger partial charge in [0.05, 0.1) is 5.92 Å². The summed E-state index contributed by atoms with van der Waals surface area (Å²) >= 11 is 0. The molecule has 2 aromatic rings. The van der Waals surface area contributed by atoms with E-state index in [1.54, 1.807) is 6.92 Å². The van der Waals surface area contributed by atoms with Gasteiger partial charge >= 0.3 is 5.97 Å². The number of carboxylic acids is 1. The highest BCUT2D eigenvalue weighted by molar-refractivity contribution is 5.99. The zero-order chi connectivity index (χ0) is 16.7. The summed E-state index contributed by atoms with van der Waals surface area (Å²) in [4.78, 5) is 25.5. The van der Waals surface area contributed by atoms with Crippen molar-refractivity contribution in [1.29, 1.82) is 0 Å². The van der Waals surface area contributed by atoms with Gasteiger partial charge in [0.2, 0.25) is 0 Å². The van der Waals surface area contributed by atoms with Crippen molar-refractivity contribution >= 4 is 22.8 Å². The second-order valence-corrected chi connectivity index (χ2v) is 6.28. The van der Waals surface area contributed by atoms with E-state index < -0.39 is 17.7 Å². The van der Waals surface area contributed by atoms with Crippen molar-refractivity contribution in [2.75, 3.05) is 13.1 Å².